The maximum atomic E-state index is 12.4. The Morgan fingerprint density at radius 2 is 2.30 bits per heavy atom. The van der Waals surface area contributed by atoms with E-state index in [1.165, 1.54) is 0 Å². The van der Waals surface area contributed by atoms with Gasteiger partial charge in [0.05, 0.1) is 12.4 Å². The second kappa shape index (κ2) is 6.83. The van der Waals surface area contributed by atoms with Crippen LogP contribution < -0.4 is 0 Å². The normalized spacial score (nSPS) is 18.3. The molecule has 20 heavy (non-hydrogen) atoms. The molecule has 0 radical (unpaired) electrons. The molecule has 1 unspecified atom stereocenters. The van der Waals surface area contributed by atoms with E-state index in [2.05, 4.69) is 0 Å². The lowest BCUT2D eigenvalue weighted by molar-refractivity contribution is -0.147. The summed E-state index contributed by atoms with van der Waals surface area (Å²) < 4.78 is 10.5. The van der Waals surface area contributed by atoms with Crippen molar-refractivity contribution in [2.75, 3.05) is 19.4 Å². The van der Waals surface area contributed by atoms with Gasteiger partial charge in [0.25, 0.3) is 5.91 Å². The SMILES string of the molecule is CCOC(=O)C1CCCN1C(=O)c1ccc(CSC)o1. The second-order valence-corrected chi connectivity index (χ2v) is 5.47. The molecule has 1 fully saturated rings. The smallest absolute Gasteiger partial charge is 0.328 e. The fourth-order valence-electron chi connectivity index (χ4n) is 2.35. The number of nitrogens with zero attached hydrogens (tertiary/aromatic N) is 1. The number of furan rings is 1. The highest BCUT2D eigenvalue weighted by atomic mass is 32.2. The molecule has 0 spiro atoms. The Morgan fingerprint density at radius 1 is 1.50 bits per heavy atom. The minimum Gasteiger partial charge on any atom is -0.464 e. The molecule has 1 saturated heterocycles. The Labute approximate surface area is 122 Å². The number of ether oxygens (including phenoxy) is 1. The Kier molecular flexibility index (Phi) is 5.11. The van der Waals surface area contributed by atoms with Crippen molar-refractivity contribution < 1.29 is 18.7 Å². The van der Waals surface area contributed by atoms with Gasteiger partial charge >= 0.3 is 5.97 Å². The lowest BCUT2D eigenvalue weighted by Crippen LogP contribution is -2.41. The number of carbonyl (C=O) groups excluding carboxylic acids is 2. The van der Waals surface area contributed by atoms with Gasteiger partial charge in [0.15, 0.2) is 5.76 Å². The van der Waals surface area contributed by atoms with E-state index in [0.29, 0.717) is 25.3 Å². The minimum absolute atomic E-state index is 0.229. The van der Waals surface area contributed by atoms with Gasteiger partial charge in [-0.25, -0.2) is 4.79 Å². The number of likely N-dealkylation sites (tertiary alicyclic amines) is 1. The lowest BCUT2D eigenvalue weighted by atomic mass is 10.2. The highest BCUT2D eigenvalue weighted by Gasteiger charge is 2.36. The van der Waals surface area contributed by atoms with Crippen LogP contribution in [0.2, 0.25) is 0 Å². The van der Waals surface area contributed by atoms with Crippen LogP contribution in [0.1, 0.15) is 36.1 Å². The van der Waals surface area contributed by atoms with Gasteiger partial charge in [-0.15, -0.1) is 0 Å². The Morgan fingerprint density at radius 3 is 3.00 bits per heavy atom. The molecule has 5 nitrogen and oxygen atoms in total. The van der Waals surface area contributed by atoms with Gasteiger partial charge in [0.2, 0.25) is 0 Å². The minimum atomic E-state index is -0.475. The fourth-order valence-corrected chi connectivity index (χ4v) is 2.79. The first kappa shape index (κ1) is 15.0. The van der Waals surface area contributed by atoms with Crippen LogP contribution in [0.3, 0.4) is 0 Å². The topological polar surface area (TPSA) is 59.8 Å². The fraction of sp³-hybridized carbons (Fsp3) is 0.571. The quantitative estimate of drug-likeness (QED) is 0.781. The van der Waals surface area contributed by atoms with Gasteiger partial charge in [-0.2, -0.15) is 11.8 Å². The van der Waals surface area contributed by atoms with E-state index in [9.17, 15) is 9.59 Å². The molecule has 0 N–H and O–H groups in total. The van der Waals surface area contributed by atoms with Crippen LogP contribution in [0.25, 0.3) is 0 Å². The average molecular weight is 297 g/mol. The van der Waals surface area contributed by atoms with Crippen molar-refractivity contribution in [1.82, 2.24) is 4.90 Å². The van der Waals surface area contributed by atoms with Crippen LogP contribution in [-0.4, -0.2) is 42.2 Å². The zero-order chi connectivity index (χ0) is 14.5. The molecule has 1 amide bonds. The summed E-state index contributed by atoms with van der Waals surface area (Å²) in [4.78, 5) is 25.8. The number of hydrogen-bond donors (Lipinski definition) is 0. The summed E-state index contributed by atoms with van der Waals surface area (Å²) in [5.41, 5.74) is 0. The molecule has 2 heterocycles. The lowest BCUT2D eigenvalue weighted by Gasteiger charge is -2.21. The Bertz CT molecular complexity index is 485. The van der Waals surface area contributed by atoms with Crippen LogP contribution in [0, 0.1) is 0 Å². The molecule has 0 saturated carbocycles. The van der Waals surface area contributed by atoms with Crippen molar-refractivity contribution in [3.05, 3.63) is 23.7 Å². The molecule has 1 aliphatic rings. The van der Waals surface area contributed by atoms with Gasteiger partial charge < -0.3 is 14.1 Å². The highest BCUT2D eigenvalue weighted by Crippen LogP contribution is 2.23. The Hall–Kier alpha value is -1.43. The summed E-state index contributed by atoms with van der Waals surface area (Å²) >= 11 is 1.63. The zero-order valence-corrected chi connectivity index (χ0v) is 12.6. The monoisotopic (exact) mass is 297 g/mol. The van der Waals surface area contributed by atoms with Gasteiger partial charge in [-0.05, 0) is 38.2 Å². The van der Waals surface area contributed by atoms with Gasteiger partial charge in [0.1, 0.15) is 11.8 Å². The van der Waals surface area contributed by atoms with E-state index in [1.54, 1.807) is 35.7 Å². The number of thioether (sulfide) groups is 1. The largest absolute Gasteiger partial charge is 0.464 e. The summed E-state index contributed by atoms with van der Waals surface area (Å²) in [5.74, 6) is 1.24. The molecular formula is C14H19NO4S. The molecule has 110 valence electrons. The first-order chi connectivity index (χ1) is 9.67. The maximum Gasteiger partial charge on any atom is 0.328 e. The van der Waals surface area contributed by atoms with Crippen molar-refractivity contribution in [3.63, 3.8) is 0 Å². The highest BCUT2D eigenvalue weighted by molar-refractivity contribution is 7.97. The molecule has 0 bridgehead atoms. The average Bonchev–Trinajstić information content (AvgIpc) is 3.07. The van der Waals surface area contributed by atoms with Crippen molar-refractivity contribution in [2.45, 2.75) is 31.6 Å². The maximum absolute atomic E-state index is 12.4. The number of rotatable bonds is 5. The van der Waals surface area contributed by atoms with Crippen LogP contribution in [-0.2, 0) is 15.3 Å². The summed E-state index contributed by atoms with van der Waals surface area (Å²) in [7, 11) is 0. The molecule has 0 aliphatic carbocycles. The summed E-state index contributed by atoms with van der Waals surface area (Å²) in [6.07, 6.45) is 3.44. The van der Waals surface area contributed by atoms with E-state index in [4.69, 9.17) is 9.15 Å². The first-order valence-electron chi connectivity index (χ1n) is 6.72. The molecule has 2 rings (SSSR count). The molecule has 0 aromatic carbocycles. The van der Waals surface area contributed by atoms with Gasteiger partial charge in [0, 0.05) is 6.54 Å². The predicted octanol–water partition coefficient (Wildman–Crippen LogP) is 2.31. The summed E-state index contributed by atoms with van der Waals surface area (Å²) in [6.45, 7) is 2.66. The Balaban J connectivity index is 2.08. The van der Waals surface area contributed by atoms with Gasteiger partial charge in [-0.1, -0.05) is 0 Å². The third-order valence-corrected chi connectivity index (χ3v) is 3.80. The van der Waals surface area contributed by atoms with E-state index < -0.39 is 6.04 Å². The number of carbonyl (C=O) groups is 2. The van der Waals surface area contributed by atoms with Crippen molar-refractivity contribution in [1.29, 1.82) is 0 Å². The third kappa shape index (κ3) is 3.17. The predicted molar refractivity (Wildman–Crippen MR) is 76.6 cm³/mol. The summed E-state index contributed by atoms with van der Waals surface area (Å²) in [6, 6.07) is 3.00. The molecule has 1 aromatic heterocycles. The zero-order valence-electron chi connectivity index (χ0n) is 11.8. The van der Waals surface area contributed by atoms with E-state index in [0.717, 1.165) is 17.9 Å². The van der Waals surface area contributed by atoms with Crippen LogP contribution in [0.5, 0.6) is 0 Å². The number of esters is 1. The van der Waals surface area contributed by atoms with E-state index in [-0.39, 0.29) is 11.9 Å². The first-order valence-corrected chi connectivity index (χ1v) is 8.12. The van der Waals surface area contributed by atoms with Crippen LogP contribution in [0.4, 0.5) is 0 Å². The van der Waals surface area contributed by atoms with Crippen molar-refractivity contribution >= 4 is 23.6 Å². The molecule has 6 heteroatoms. The second-order valence-electron chi connectivity index (χ2n) is 4.61. The van der Waals surface area contributed by atoms with Crippen LogP contribution in [0.15, 0.2) is 16.5 Å². The molecule has 1 aromatic rings. The van der Waals surface area contributed by atoms with Crippen molar-refractivity contribution in [3.8, 4) is 0 Å². The van der Waals surface area contributed by atoms with E-state index >= 15 is 0 Å². The third-order valence-electron chi connectivity index (χ3n) is 3.23. The summed E-state index contributed by atoms with van der Waals surface area (Å²) in [5, 5.41) is 0. The van der Waals surface area contributed by atoms with Crippen molar-refractivity contribution in [2.24, 2.45) is 0 Å². The molecule has 1 atom stereocenters. The van der Waals surface area contributed by atoms with E-state index in [1.807, 2.05) is 6.26 Å². The standard InChI is InChI=1S/C14H19NO4S/c1-3-18-14(17)11-5-4-8-15(11)13(16)12-7-6-10(19-12)9-20-2/h6-7,11H,3-5,8-9H2,1-2H3. The number of hydrogen-bond acceptors (Lipinski definition) is 5. The molecular weight excluding hydrogens is 278 g/mol. The molecule has 1 aliphatic heterocycles. The van der Waals surface area contributed by atoms with Crippen LogP contribution >= 0.6 is 11.8 Å². The number of amides is 1. The van der Waals surface area contributed by atoms with Gasteiger partial charge in [-0.3, -0.25) is 4.79 Å².